The molecule has 0 saturated carbocycles. The zero-order valence-electron chi connectivity index (χ0n) is 10.8. The van der Waals surface area contributed by atoms with Gasteiger partial charge in [-0.05, 0) is 37.8 Å². The zero-order valence-corrected chi connectivity index (χ0v) is 11.5. The molecule has 5 heteroatoms. The van der Waals surface area contributed by atoms with E-state index < -0.39 is 0 Å². The Morgan fingerprint density at radius 1 is 1.42 bits per heavy atom. The van der Waals surface area contributed by atoms with Gasteiger partial charge in [-0.1, -0.05) is 23.7 Å². The van der Waals surface area contributed by atoms with Crippen LogP contribution in [-0.4, -0.2) is 24.3 Å². The molecule has 3 rings (SSSR count). The highest BCUT2D eigenvalue weighted by molar-refractivity contribution is 6.33. The number of hydrogen-bond acceptors (Lipinski definition) is 2. The number of amides is 2. The topological polar surface area (TPSA) is 50.4 Å². The van der Waals surface area contributed by atoms with Crippen LogP contribution < -0.4 is 10.6 Å². The van der Waals surface area contributed by atoms with Crippen molar-refractivity contribution in [3.8, 4) is 0 Å². The second kappa shape index (κ2) is 5.02. The minimum absolute atomic E-state index is 0.126. The van der Waals surface area contributed by atoms with E-state index in [2.05, 4.69) is 10.6 Å². The van der Waals surface area contributed by atoms with Gasteiger partial charge in [0.1, 0.15) is 0 Å². The number of anilines is 1. The van der Waals surface area contributed by atoms with E-state index in [1.807, 2.05) is 19.1 Å². The molecule has 0 radical (unpaired) electrons. The van der Waals surface area contributed by atoms with E-state index in [0.29, 0.717) is 16.8 Å². The fourth-order valence-electron chi connectivity index (χ4n) is 2.90. The second-order valence-corrected chi connectivity index (χ2v) is 5.65. The van der Waals surface area contributed by atoms with Gasteiger partial charge in [-0.3, -0.25) is 0 Å². The molecule has 1 aromatic rings. The van der Waals surface area contributed by atoms with Gasteiger partial charge in [0.25, 0.3) is 0 Å². The monoisotopic (exact) mass is 280 g/mol. The van der Waals surface area contributed by atoms with Crippen LogP contribution in [0.4, 0.5) is 10.5 Å². The van der Waals surface area contributed by atoms with E-state index in [1.54, 1.807) is 6.07 Å². The van der Waals surface area contributed by atoms with Crippen LogP contribution in [0, 0.1) is 6.92 Å². The van der Waals surface area contributed by atoms with Crippen molar-refractivity contribution in [2.75, 3.05) is 5.32 Å². The number of benzene rings is 1. The van der Waals surface area contributed by atoms with Crippen LogP contribution in [0.15, 0.2) is 18.2 Å². The van der Waals surface area contributed by atoms with Gasteiger partial charge < -0.3 is 15.4 Å². The minimum atomic E-state index is -0.211. The second-order valence-electron chi connectivity index (χ2n) is 5.25. The molecule has 0 spiro atoms. The number of urea groups is 1. The van der Waals surface area contributed by atoms with Crippen LogP contribution in [0.25, 0.3) is 0 Å². The molecule has 2 fully saturated rings. The SMILES string of the molecule is Cc1cccc(Cl)c1NC(=O)N[C@H]1C[C@H]2CC[C@H]1O2. The predicted octanol–water partition coefficient (Wildman–Crippen LogP) is 3.09. The van der Waals surface area contributed by atoms with Crippen molar-refractivity contribution in [1.29, 1.82) is 0 Å². The smallest absolute Gasteiger partial charge is 0.319 e. The first-order chi connectivity index (χ1) is 9.13. The maximum Gasteiger partial charge on any atom is 0.319 e. The van der Waals surface area contributed by atoms with Crippen molar-refractivity contribution in [3.05, 3.63) is 28.8 Å². The fourth-order valence-corrected chi connectivity index (χ4v) is 3.17. The van der Waals surface area contributed by atoms with E-state index in [9.17, 15) is 4.79 Å². The van der Waals surface area contributed by atoms with Crippen LogP contribution in [0.3, 0.4) is 0 Å². The molecule has 2 aliphatic rings. The molecule has 0 unspecified atom stereocenters. The Hall–Kier alpha value is -1.26. The van der Waals surface area contributed by atoms with Gasteiger partial charge in [0.05, 0.1) is 29.0 Å². The number of carbonyl (C=O) groups excluding carboxylic acids is 1. The number of ether oxygens (including phenoxy) is 1. The standard InChI is InChI=1S/C14H17ClN2O2/c1-8-3-2-4-10(15)13(8)17-14(18)16-11-7-9-5-6-12(11)19-9/h2-4,9,11-12H,5-7H2,1H3,(H2,16,17,18)/t9-,11+,12-/m1/s1. The molecule has 3 atom stereocenters. The molecule has 2 bridgehead atoms. The molecule has 102 valence electrons. The summed E-state index contributed by atoms with van der Waals surface area (Å²) in [5.41, 5.74) is 1.62. The number of nitrogens with one attached hydrogen (secondary N) is 2. The van der Waals surface area contributed by atoms with Crippen LogP contribution >= 0.6 is 11.6 Å². The molecule has 2 amide bonds. The normalized spacial score (nSPS) is 28.4. The first-order valence-electron chi connectivity index (χ1n) is 6.61. The lowest BCUT2D eigenvalue weighted by Gasteiger charge is -2.20. The molecule has 0 aliphatic carbocycles. The highest BCUT2D eigenvalue weighted by Gasteiger charge is 2.41. The molecule has 0 aromatic heterocycles. The Labute approximate surface area is 117 Å². The van der Waals surface area contributed by atoms with Gasteiger partial charge in [0, 0.05) is 0 Å². The van der Waals surface area contributed by atoms with Gasteiger partial charge in [-0.15, -0.1) is 0 Å². The predicted molar refractivity (Wildman–Crippen MR) is 74.6 cm³/mol. The highest BCUT2D eigenvalue weighted by atomic mass is 35.5. The molecule has 4 nitrogen and oxygen atoms in total. The van der Waals surface area contributed by atoms with E-state index in [-0.39, 0.29) is 18.2 Å². The van der Waals surface area contributed by atoms with Crippen molar-refractivity contribution >= 4 is 23.3 Å². The largest absolute Gasteiger partial charge is 0.373 e. The summed E-state index contributed by atoms with van der Waals surface area (Å²) in [6.45, 7) is 1.92. The van der Waals surface area contributed by atoms with E-state index in [0.717, 1.165) is 24.8 Å². The number of aryl methyl sites for hydroxylation is 1. The quantitative estimate of drug-likeness (QED) is 0.875. The summed E-state index contributed by atoms with van der Waals surface area (Å²) in [6.07, 6.45) is 3.59. The van der Waals surface area contributed by atoms with E-state index in [4.69, 9.17) is 16.3 Å². The lowest BCUT2D eigenvalue weighted by Crippen LogP contribution is -2.43. The maximum absolute atomic E-state index is 12.0. The third-order valence-corrected chi connectivity index (χ3v) is 4.20. The summed E-state index contributed by atoms with van der Waals surface area (Å²) in [6, 6.07) is 5.47. The number of para-hydroxylation sites is 1. The molecule has 2 aliphatic heterocycles. The summed E-state index contributed by atoms with van der Waals surface area (Å²) in [5, 5.41) is 6.36. The third kappa shape index (κ3) is 2.55. The van der Waals surface area contributed by atoms with Crippen LogP contribution in [-0.2, 0) is 4.74 Å². The lowest BCUT2D eigenvalue weighted by molar-refractivity contribution is 0.0984. The molecule has 1 aromatic carbocycles. The third-order valence-electron chi connectivity index (χ3n) is 3.88. The fraction of sp³-hybridized carbons (Fsp3) is 0.500. The molecule has 2 saturated heterocycles. The molecule has 2 heterocycles. The summed E-state index contributed by atoms with van der Waals surface area (Å²) >= 11 is 6.09. The summed E-state index contributed by atoms with van der Waals surface area (Å²) < 4.78 is 5.71. The van der Waals surface area contributed by atoms with Gasteiger partial charge in [0.2, 0.25) is 0 Å². The Balaban J connectivity index is 1.62. The van der Waals surface area contributed by atoms with Crippen molar-refractivity contribution in [2.24, 2.45) is 0 Å². The summed E-state index contributed by atoms with van der Waals surface area (Å²) in [5.74, 6) is 0. The highest BCUT2D eigenvalue weighted by Crippen LogP contribution is 2.34. The summed E-state index contributed by atoms with van der Waals surface area (Å²) in [7, 11) is 0. The van der Waals surface area contributed by atoms with Gasteiger partial charge in [-0.2, -0.15) is 0 Å². The maximum atomic E-state index is 12.0. The molecular formula is C14H17ClN2O2. The van der Waals surface area contributed by atoms with Crippen LogP contribution in [0.1, 0.15) is 24.8 Å². The Kier molecular flexibility index (Phi) is 3.37. The number of hydrogen-bond donors (Lipinski definition) is 2. The molecular weight excluding hydrogens is 264 g/mol. The lowest BCUT2D eigenvalue weighted by atomic mass is 9.96. The van der Waals surface area contributed by atoms with E-state index >= 15 is 0 Å². The zero-order chi connectivity index (χ0) is 13.4. The average molecular weight is 281 g/mol. The first-order valence-corrected chi connectivity index (χ1v) is 6.99. The first kappa shape index (κ1) is 12.8. The van der Waals surface area contributed by atoms with Crippen molar-refractivity contribution in [3.63, 3.8) is 0 Å². The molecule has 2 N–H and O–H groups in total. The van der Waals surface area contributed by atoms with E-state index in [1.165, 1.54) is 0 Å². The minimum Gasteiger partial charge on any atom is -0.373 e. The van der Waals surface area contributed by atoms with Gasteiger partial charge >= 0.3 is 6.03 Å². The number of carbonyl (C=O) groups is 1. The van der Waals surface area contributed by atoms with Gasteiger partial charge in [-0.25, -0.2) is 4.79 Å². The summed E-state index contributed by atoms with van der Waals surface area (Å²) in [4.78, 5) is 12.0. The Morgan fingerprint density at radius 2 is 2.26 bits per heavy atom. The molecule has 19 heavy (non-hydrogen) atoms. The number of halogens is 1. The van der Waals surface area contributed by atoms with Crippen molar-refractivity contribution in [2.45, 2.75) is 44.4 Å². The van der Waals surface area contributed by atoms with Crippen molar-refractivity contribution in [1.82, 2.24) is 5.32 Å². The Morgan fingerprint density at radius 3 is 2.89 bits per heavy atom. The Bertz CT molecular complexity index is 486. The van der Waals surface area contributed by atoms with Gasteiger partial charge in [0.15, 0.2) is 0 Å². The van der Waals surface area contributed by atoms with Crippen LogP contribution in [0.5, 0.6) is 0 Å². The number of rotatable bonds is 2. The number of fused-ring (bicyclic) bond motifs is 2. The van der Waals surface area contributed by atoms with Crippen LogP contribution in [0.2, 0.25) is 5.02 Å². The van der Waals surface area contributed by atoms with Crippen molar-refractivity contribution < 1.29 is 9.53 Å². The average Bonchev–Trinajstić information content (AvgIpc) is 2.96.